The Bertz CT molecular complexity index is 1020. The third kappa shape index (κ3) is 3.91. The van der Waals surface area contributed by atoms with E-state index in [4.69, 9.17) is 9.47 Å². The molecule has 2 heterocycles. The zero-order valence-electron chi connectivity index (χ0n) is 15.8. The number of ether oxygens (including phenoxy) is 2. The van der Waals surface area contributed by atoms with Crippen molar-refractivity contribution in [2.45, 2.75) is 20.4 Å². The van der Waals surface area contributed by atoms with Gasteiger partial charge < -0.3 is 20.1 Å². The summed E-state index contributed by atoms with van der Waals surface area (Å²) in [6.07, 6.45) is 1.57. The van der Waals surface area contributed by atoms with Crippen LogP contribution in [0.3, 0.4) is 0 Å². The molecule has 0 radical (unpaired) electrons. The number of pyridine rings is 1. The first-order valence-electron chi connectivity index (χ1n) is 9.05. The molecule has 0 atom stereocenters. The van der Waals surface area contributed by atoms with Gasteiger partial charge in [0, 0.05) is 18.4 Å². The van der Waals surface area contributed by atoms with Gasteiger partial charge in [0.05, 0.1) is 5.56 Å². The molecule has 1 aliphatic heterocycles. The van der Waals surface area contributed by atoms with Crippen LogP contribution in [0.25, 0.3) is 0 Å². The van der Waals surface area contributed by atoms with Crippen molar-refractivity contribution >= 4 is 17.4 Å². The highest BCUT2D eigenvalue weighted by atomic mass is 16.7. The number of rotatable bonds is 5. The molecule has 2 aromatic carbocycles. The largest absolute Gasteiger partial charge is 0.454 e. The van der Waals surface area contributed by atoms with E-state index < -0.39 is 0 Å². The molecule has 0 unspecified atom stereocenters. The van der Waals surface area contributed by atoms with E-state index in [-0.39, 0.29) is 12.7 Å². The average Bonchev–Trinajstić information content (AvgIpc) is 3.17. The van der Waals surface area contributed by atoms with Gasteiger partial charge >= 0.3 is 0 Å². The maximum absolute atomic E-state index is 12.5. The second-order valence-electron chi connectivity index (χ2n) is 6.75. The minimum absolute atomic E-state index is 0.179. The molecule has 0 spiro atoms. The van der Waals surface area contributed by atoms with Crippen molar-refractivity contribution in [2.75, 3.05) is 17.4 Å². The third-order valence-electron chi connectivity index (χ3n) is 4.57. The molecule has 0 fully saturated rings. The van der Waals surface area contributed by atoms with Gasteiger partial charge in [0.25, 0.3) is 5.91 Å². The molecule has 1 amide bonds. The van der Waals surface area contributed by atoms with Crippen molar-refractivity contribution in [3.8, 4) is 11.5 Å². The van der Waals surface area contributed by atoms with Crippen LogP contribution in [0.2, 0.25) is 0 Å². The van der Waals surface area contributed by atoms with Crippen LogP contribution in [0.4, 0.5) is 11.5 Å². The fourth-order valence-electron chi connectivity index (χ4n) is 3.02. The van der Waals surface area contributed by atoms with E-state index in [1.807, 2.05) is 50.2 Å². The van der Waals surface area contributed by atoms with Gasteiger partial charge in [-0.1, -0.05) is 23.8 Å². The molecule has 4 rings (SSSR count). The quantitative estimate of drug-likeness (QED) is 0.696. The molecule has 28 heavy (non-hydrogen) atoms. The number of nitrogens with zero attached hydrogens (tertiary/aromatic N) is 1. The predicted molar refractivity (Wildman–Crippen MR) is 108 cm³/mol. The summed E-state index contributed by atoms with van der Waals surface area (Å²) in [5.74, 6) is 2.04. The molecule has 0 bridgehead atoms. The second-order valence-corrected chi connectivity index (χ2v) is 6.75. The van der Waals surface area contributed by atoms with Gasteiger partial charge in [-0.3, -0.25) is 4.79 Å². The van der Waals surface area contributed by atoms with Gasteiger partial charge in [-0.2, -0.15) is 0 Å². The van der Waals surface area contributed by atoms with E-state index in [0.29, 0.717) is 17.9 Å². The number of carbonyl (C=O) groups excluding carboxylic acids is 1. The van der Waals surface area contributed by atoms with Gasteiger partial charge in [-0.15, -0.1) is 0 Å². The average molecular weight is 375 g/mol. The molecule has 3 aromatic rings. The van der Waals surface area contributed by atoms with E-state index in [1.165, 1.54) is 0 Å². The predicted octanol–water partition coefficient (Wildman–Crippen LogP) is 4.29. The Morgan fingerprint density at radius 1 is 1.04 bits per heavy atom. The number of aromatic nitrogens is 1. The first-order chi connectivity index (χ1) is 13.6. The summed E-state index contributed by atoms with van der Waals surface area (Å²) in [5, 5.41) is 6.17. The van der Waals surface area contributed by atoms with E-state index in [9.17, 15) is 4.79 Å². The van der Waals surface area contributed by atoms with Crippen LogP contribution in [-0.2, 0) is 6.54 Å². The highest BCUT2D eigenvalue weighted by molar-refractivity contribution is 6.04. The van der Waals surface area contributed by atoms with E-state index in [1.54, 1.807) is 18.3 Å². The normalized spacial score (nSPS) is 11.9. The van der Waals surface area contributed by atoms with Crippen LogP contribution < -0.4 is 20.1 Å². The number of hydrogen-bond acceptors (Lipinski definition) is 5. The van der Waals surface area contributed by atoms with Crippen LogP contribution >= 0.6 is 0 Å². The summed E-state index contributed by atoms with van der Waals surface area (Å²) in [6, 6.07) is 15.3. The fourth-order valence-corrected chi connectivity index (χ4v) is 3.02. The Morgan fingerprint density at radius 2 is 1.89 bits per heavy atom. The number of carbonyl (C=O) groups is 1. The number of nitrogens with one attached hydrogen (secondary N) is 2. The maximum atomic E-state index is 12.5. The van der Waals surface area contributed by atoms with Gasteiger partial charge in [-0.05, 0) is 55.3 Å². The summed E-state index contributed by atoms with van der Waals surface area (Å²) >= 11 is 0. The molecule has 1 aromatic heterocycles. The molecular weight excluding hydrogens is 354 g/mol. The first kappa shape index (κ1) is 17.9. The van der Waals surface area contributed by atoms with Crippen molar-refractivity contribution < 1.29 is 14.3 Å². The number of benzene rings is 2. The van der Waals surface area contributed by atoms with E-state index >= 15 is 0 Å². The SMILES string of the molecule is Cc1ccc(NC(=O)c2ccc(NCc3ccc4c(c3)OCO4)nc2)c(C)c1. The summed E-state index contributed by atoms with van der Waals surface area (Å²) in [4.78, 5) is 16.8. The lowest BCUT2D eigenvalue weighted by atomic mass is 10.1. The molecule has 6 nitrogen and oxygen atoms in total. The summed E-state index contributed by atoms with van der Waals surface area (Å²) in [7, 11) is 0. The lowest BCUT2D eigenvalue weighted by molar-refractivity contribution is 0.102. The molecule has 0 saturated carbocycles. The minimum Gasteiger partial charge on any atom is -0.454 e. The minimum atomic E-state index is -0.179. The lowest BCUT2D eigenvalue weighted by Crippen LogP contribution is -2.13. The monoisotopic (exact) mass is 375 g/mol. The molecule has 2 N–H and O–H groups in total. The lowest BCUT2D eigenvalue weighted by Gasteiger charge is -2.10. The van der Waals surface area contributed by atoms with Crippen LogP contribution in [0, 0.1) is 13.8 Å². The Morgan fingerprint density at radius 3 is 2.68 bits per heavy atom. The van der Waals surface area contributed by atoms with Crippen LogP contribution in [-0.4, -0.2) is 17.7 Å². The highest BCUT2D eigenvalue weighted by Crippen LogP contribution is 2.32. The first-order valence-corrected chi connectivity index (χ1v) is 9.05. The molecule has 142 valence electrons. The van der Waals surface area contributed by atoms with Gasteiger partial charge in [0.2, 0.25) is 6.79 Å². The summed E-state index contributed by atoms with van der Waals surface area (Å²) in [6.45, 7) is 4.86. The smallest absolute Gasteiger partial charge is 0.257 e. The van der Waals surface area contributed by atoms with Crippen molar-refractivity contribution in [2.24, 2.45) is 0 Å². The molecule has 1 aliphatic rings. The Hall–Kier alpha value is -3.54. The molecule has 6 heteroatoms. The van der Waals surface area contributed by atoms with Gasteiger partial charge in [-0.25, -0.2) is 4.98 Å². The molecule has 0 aliphatic carbocycles. The Kier molecular flexibility index (Phi) is 4.85. The number of hydrogen-bond donors (Lipinski definition) is 2. The topological polar surface area (TPSA) is 72.5 Å². The zero-order valence-corrected chi connectivity index (χ0v) is 15.8. The van der Waals surface area contributed by atoms with Crippen LogP contribution in [0.15, 0.2) is 54.7 Å². The summed E-state index contributed by atoms with van der Waals surface area (Å²) < 4.78 is 10.7. The summed E-state index contributed by atoms with van der Waals surface area (Å²) in [5.41, 5.74) is 4.57. The van der Waals surface area contributed by atoms with Crippen molar-refractivity contribution in [1.29, 1.82) is 0 Å². The molecular formula is C22H21N3O3. The standard InChI is InChI=1S/C22H21N3O3/c1-14-3-6-18(15(2)9-14)25-22(26)17-5-8-21(24-12-17)23-11-16-4-7-19-20(10-16)28-13-27-19/h3-10,12H,11,13H2,1-2H3,(H,23,24)(H,25,26). The Balaban J connectivity index is 1.37. The van der Waals surface area contributed by atoms with E-state index in [2.05, 4.69) is 15.6 Å². The van der Waals surface area contributed by atoms with Crippen molar-refractivity contribution in [3.05, 3.63) is 77.0 Å². The number of anilines is 2. The fraction of sp³-hybridized carbons (Fsp3) is 0.182. The van der Waals surface area contributed by atoms with Crippen molar-refractivity contribution in [3.63, 3.8) is 0 Å². The van der Waals surface area contributed by atoms with Gasteiger partial charge in [0.15, 0.2) is 11.5 Å². The van der Waals surface area contributed by atoms with Gasteiger partial charge in [0.1, 0.15) is 5.82 Å². The molecule has 0 saturated heterocycles. The second kappa shape index (κ2) is 7.60. The van der Waals surface area contributed by atoms with Crippen LogP contribution in [0.1, 0.15) is 27.0 Å². The highest BCUT2D eigenvalue weighted by Gasteiger charge is 2.13. The Labute approximate surface area is 163 Å². The van der Waals surface area contributed by atoms with Crippen LogP contribution in [0.5, 0.6) is 11.5 Å². The van der Waals surface area contributed by atoms with Crippen molar-refractivity contribution in [1.82, 2.24) is 4.98 Å². The number of aryl methyl sites for hydroxylation is 2. The zero-order chi connectivity index (χ0) is 19.5. The number of fused-ring (bicyclic) bond motifs is 1. The van der Waals surface area contributed by atoms with E-state index in [0.717, 1.165) is 33.9 Å². The maximum Gasteiger partial charge on any atom is 0.257 e. The number of amides is 1. The third-order valence-corrected chi connectivity index (χ3v) is 4.57.